The minimum absolute atomic E-state index is 0.0852. The fraction of sp³-hybridized carbons (Fsp3) is 0.500. The minimum Gasteiger partial charge on any atom is -0.302 e. The molecule has 1 N–H and O–H groups in total. The fourth-order valence-electron chi connectivity index (χ4n) is 5.61. The molecule has 34 heavy (non-hydrogen) atoms. The fourth-order valence-corrected chi connectivity index (χ4v) is 5.61. The van der Waals surface area contributed by atoms with Gasteiger partial charge in [-0.1, -0.05) is 62.4 Å². The minimum atomic E-state index is -4.28. The number of nitriles is 1. The van der Waals surface area contributed by atoms with Crippen molar-refractivity contribution in [3.05, 3.63) is 64.5 Å². The lowest BCUT2D eigenvalue weighted by atomic mass is 9.75. The van der Waals surface area contributed by atoms with Crippen molar-refractivity contribution in [2.45, 2.75) is 77.6 Å². The number of nitrogens with zero attached hydrogens (tertiary/aromatic N) is 2. The molecule has 0 radical (unpaired) electrons. The summed E-state index contributed by atoms with van der Waals surface area (Å²) in [5.74, 6) is 1.40. The Kier molecular flexibility index (Phi) is 7.14. The molecular formula is C28H32F3N3. The van der Waals surface area contributed by atoms with Gasteiger partial charge in [-0.25, -0.2) is 0 Å². The van der Waals surface area contributed by atoms with Crippen molar-refractivity contribution in [2.24, 2.45) is 11.8 Å². The van der Waals surface area contributed by atoms with Gasteiger partial charge in [-0.15, -0.1) is 0 Å². The highest BCUT2D eigenvalue weighted by molar-refractivity contribution is 5.98. The van der Waals surface area contributed by atoms with Crippen molar-refractivity contribution in [3.8, 4) is 6.07 Å². The maximum atomic E-state index is 12.8. The number of hydrogen-bond donors (Lipinski definition) is 1. The van der Waals surface area contributed by atoms with Crippen LogP contribution >= 0.6 is 0 Å². The van der Waals surface area contributed by atoms with E-state index in [9.17, 15) is 18.4 Å². The molecule has 2 aliphatic carbocycles. The highest BCUT2D eigenvalue weighted by Gasteiger charge is 2.36. The van der Waals surface area contributed by atoms with E-state index in [-0.39, 0.29) is 6.54 Å². The highest BCUT2D eigenvalue weighted by atomic mass is 19.4. The van der Waals surface area contributed by atoms with Crippen LogP contribution < -0.4 is 5.32 Å². The molecule has 1 aromatic heterocycles. The zero-order valence-electron chi connectivity index (χ0n) is 20.0. The molecule has 0 saturated heterocycles. The van der Waals surface area contributed by atoms with Crippen molar-refractivity contribution >= 4 is 11.1 Å². The molecule has 3 unspecified atom stereocenters. The highest BCUT2D eigenvalue weighted by Crippen LogP contribution is 2.49. The maximum absolute atomic E-state index is 12.8. The normalized spacial score (nSPS) is 22.3. The van der Waals surface area contributed by atoms with Crippen LogP contribution in [0.15, 0.2) is 36.5 Å². The Labute approximate surface area is 200 Å². The number of hydrogen-bond acceptors (Lipinski definition) is 3. The summed E-state index contributed by atoms with van der Waals surface area (Å²) in [5, 5.41) is 12.8. The standard InChI is InChI=1S/C28H32F3N3/c1-17-8-10-22-18(2)23(21-6-4-5-7-21)13-25(26(14-32)24(22)12-17)27-11-9-20(16-34-27)15-33-19(3)28(29,30)31/h8-12,16,18-19,21,23,33H,4-7,13,15H2,1-3H3. The molecule has 0 amide bonds. The molecule has 3 nitrogen and oxygen atoms in total. The van der Waals surface area contributed by atoms with Crippen LogP contribution in [0.25, 0.3) is 11.1 Å². The summed E-state index contributed by atoms with van der Waals surface area (Å²) >= 11 is 0. The number of halogens is 3. The maximum Gasteiger partial charge on any atom is 0.403 e. The van der Waals surface area contributed by atoms with E-state index in [1.54, 1.807) is 6.20 Å². The topological polar surface area (TPSA) is 48.7 Å². The van der Waals surface area contributed by atoms with E-state index in [4.69, 9.17) is 0 Å². The molecule has 0 spiro atoms. The van der Waals surface area contributed by atoms with Crippen molar-refractivity contribution in [1.82, 2.24) is 10.3 Å². The van der Waals surface area contributed by atoms with Gasteiger partial charge < -0.3 is 5.32 Å². The second kappa shape index (κ2) is 9.92. The van der Waals surface area contributed by atoms with E-state index in [0.29, 0.717) is 28.9 Å². The van der Waals surface area contributed by atoms with E-state index in [2.05, 4.69) is 41.5 Å². The molecular weight excluding hydrogens is 435 g/mol. The monoisotopic (exact) mass is 467 g/mol. The van der Waals surface area contributed by atoms with Gasteiger partial charge in [0.2, 0.25) is 0 Å². The average molecular weight is 468 g/mol. The van der Waals surface area contributed by atoms with Crippen molar-refractivity contribution in [2.75, 3.05) is 0 Å². The zero-order chi connectivity index (χ0) is 24.5. The summed E-state index contributed by atoms with van der Waals surface area (Å²) in [6.45, 7) is 5.53. The summed E-state index contributed by atoms with van der Waals surface area (Å²) < 4.78 is 38.4. The number of aryl methyl sites for hydroxylation is 1. The van der Waals surface area contributed by atoms with Gasteiger partial charge in [0.15, 0.2) is 0 Å². The lowest BCUT2D eigenvalue weighted by Gasteiger charge is -2.29. The molecule has 2 aliphatic rings. The van der Waals surface area contributed by atoms with Gasteiger partial charge >= 0.3 is 6.18 Å². The average Bonchev–Trinajstić information content (AvgIpc) is 3.30. The molecule has 6 heteroatoms. The Morgan fingerprint density at radius 2 is 1.91 bits per heavy atom. The van der Waals surface area contributed by atoms with Crippen LogP contribution in [-0.2, 0) is 6.54 Å². The third kappa shape index (κ3) is 5.05. The quantitative estimate of drug-likeness (QED) is 0.507. The van der Waals surface area contributed by atoms with E-state index >= 15 is 0 Å². The first-order valence-corrected chi connectivity index (χ1v) is 12.2. The summed E-state index contributed by atoms with van der Waals surface area (Å²) in [7, 11) is 0. The number of nitrogens with one attached hydrogen (secondary N) is 1. The Hall–Kier alpha value is -2.65. The van der Waals surface area contributed by atoms with Crippen LogP contribution in [0, 0.1) is 30.1 Å². The second-order valence-electron chi connectivity index (χ2n) is 9.95. The Balaban J connectivity index is 1.70. The number of rotatable bonds is 5. The van der Waals surface area contributed by atoms with E-state index in [1.165, 1.54) is 31.2 Å². The van der Waals surface area contributed by atoms with Gasteiger partial charge in [-0.05, 0) is 66.4 Å². The molecule has 180 valence electrons. The van der Waals surface area contributed by atoms with Crippen molar-refractivity contribution < 1.29 is 13.2 Å². The van der Waals surface area contributed by atoms with Gasteiger partial charge in [-0.2, -0.15) is 18.4 Å². The number of fused-ring (bicyclic) bond motifs is 1. The number of allylic oxidation sites excluding steroid dienone is 2. The second-order valence-corrected chi connectivity index (χ2v) is 9.95. The first-order chi connectivity index (χ1) is 16.2. The van der Waals surface area contributed by atoms with Gasteiger partial charge in [0.05, 0.1) is 11.3 Å². The van der Waals surface area contributed by atoms with Gasteiger partial charge in [-0.3, -0.25) is 4.98 Å². The third-order valence-electron chi connectivity index (χ3n) is 7.71. The summed E-state index contributed by atoms with van der Waals surface area (Å²) in [4.78, 5) is 4.63. The molecule has 1 aromatic carbocycles. The largest absolute Gasteiger partial charge is 0.403 e. The number of alkyl halides is 3. The van der Waals surface area contributed by atoms with Crippen molar-refractivity contribution in [1.29, 1.82) is 5.26 Å². The van der Waals surface area contributed by atoms with Crippen molar-refractivity contribution in [3.63, 3.8) is 0 Å². The summed E-state index contributed by atoms with van der Waals surface area (Å²) in [5.41, 5.74) is 6.41. The molecule has 1 saturated carbocycles. The van der Waals surface area contributed by atoms with Crippen LogP contribution in [0.5, 0.6) is 0 Å². The Morgan fingerprint density at radius 1 is 1.18 bits per heavy atom. The first kappa shape index (κ1) is 24.5. The van der Waals surface area contributed by atoms with Crippen LogP contribution in [0.2, 0.25) is 0 Å². The Bertz CT molecular complexity index is 1090. The van der Waals surface area contributed by atoms with Gasteiger partial charge in [0.1, 0.15) is 12.1 Å². The SMILES string of the molecule is Cc1ccc2c(c1)C(C#N)=C(c1ccc(CNC(C)C(F)(F)F)cn1)CC(C1CCCC1)C2C. The molecule has 0 bridgehead atoms. The van der Waals surface area contributed by atoms with E-state index in [0.717, 1.165) is 35.7 Å². The lowest BCUT2D eigenvalue weighted by molar-refractivity contribution is -0.151. The van der Waals surface area contributed by atoms with Crippen LogP contribution in [0.1, 0.15) is 79.8 Å². The number of aromatic nitrogens is 1. The summed E-state index contributed by atoms with van der Waals surface area (Å²) in [6, 6.07) is 11.0. The molecule has 1 heterocycles. The third-order valence-corrected chi connectivity index (χ3v) is 7.71. The summed E-state index contributed by atoms with van der Waals surface area (Å²) in [6.07, 6.45) is 3.10. The molecule has 2 aromatic rings. The predicted octanol–water partition coefficient (Wildman–Crippen LogP) is 7.18. The smallest absolute Gasteiger partial charge is 0.302 e. The van der Waals surface area contributed by atoms with Crippen LogP contribution in [-0.4, -0.2) is 17.2 Å². The van der Waals surface area contributed by atoms with E-state index in [1.807, 2.05) is 19.1 Å². The molecule has 0 aliphatic heterocycles. The predicted molar refractivity (Wildman–Crippen MR) is 129 cm³/mol. The first-order valence-electron chi connectivity index (χ1n) is 12.2. The van der Waals surface area contributed by atoms with Gasteiger partial charge in [0.25, 0.3) is 0 Å². The van der Waals surface area contributed by atoms with Crippen LogP contribution in [0.3, 0.4) is 0 Å². The molecule has 1 fully saturated rings. The number of pyridine rings is 1. The van der Waals surface area contributed by atoms with E-state index < -0.39 is 12.2 Å². The zero-order valence-corrected chi connectivity index (χ0v) is 20.0. The molecule has 4 rings (SSSR count). The lowest BCUT2D eigenvalue weighted by Crippen LogP contribution is -2.39. The van der Waals surface area contributed by atoms with Crippen LogP contribution in [0.4, 0.5) is 13.2 Å². The molecule has 3 atom stereocenters. The van der Waals surface area contributed by atoms with Gasteiger partial charge in [0, 0.05) is 12.7 Å². The Morgan fingerprint density at radius 3 is 2.53 bits per heavy atom. The number of benzene rings is 1.